The Morgan fingerprint density at radius 2 is 1.57 bits per heavy atom. The molecule has 0 unspecified atom stereocenters. The monoisotopic (exact) mass is 285 g/mol. The van der Waals surface area contributed by atoms with Gasteiger partial charge in [0.1, 0.15) is 0 Å². The van der Waals surface area contributed by atoms with Gasteiger partial charge < -0.3 is 0 Å². The average Bonchev–Trinajstić information content (AvgIpc) is 1.78. The van der Waals surface area contributed by atoms with E-state index in [2.05, 4.69) is 20.7 Å². The first-order valence-electron chi connectivity index (χ1n) is 4.55. The summed E-state index contributed by atoms with van der Waals surface area (Å²) in [4.78, 5) is 0. The van der Waals surface area contributed by atoms with Gasteiger partial charge in [-0.05, 0) is 19.3 Å². The molecule has 0 aromatic carbocycles. The van der Waals surface area contributed by atoms with Gasteiger partial charge in [0, 0.05) is 10.9 Å². The summed E-state index contributed by atoms with van der Waals surface area (Å²) >= 11 is 3.28. The van der Waals surface area contributed by atoms with Crippen molar-refractivity contribution in [1.82, 2.24) is 4.72 Å². The zero-order valence-electron chi connectivity index (χ0n) is 9.52. The van der Waals surface area contributed by atoms with Crippen LogP contribution in [-0.4, -0.2) is 25.0 Å². The van der Waals surface area contributed by atoms with Gasteiger partial charge >= 0.3 is 0 Å². The van der Waals surface area contributed by atoms with Gasteiger partial charge in [-0.1, -0.05) is 36.7 Å². The Bertz CT molecular complexity index is 278. The lowest BCUT2D eigenvalue weighted by Crippen LogP contribution is -2.47. The van der Waals surface area contributed by atoms with Crippen molar-refractivity contribution in [2.75, 3.05) is 11.1 Å². The van der Waals surface area contributed by atoms with Crippen LogP contribution in [0.1, 0.15) is 34.6 Å². The Kier molecular flexibility index (Phi) is 4.62. The molecule has 0 amide bonds. The predicted molar refractivity (Wildman–Crippen MR) is 64.3 cm³/mol. The molecule has 0 radical (unpaired) electrons. The quantitative estimate of drug-likeness (QED) is 0.805. The molecule has 5 heteroatoms. The van der Waals surface area contributed by atoms with Gasteiger partial charge in [-0.3, -0.25) is 0 Å². The smallest absolute Gasteiger partial charge is 0.212 e. The third kappa shape index (κ3) is 6.79. The van der Waals surface area contributed by atoms with E-state index in [0.717, 1.165) is 0 Å². The van der Waals surface area contributed by atoms with Crippen LogP contribution in [0.3, 0.4) is 0 Å². The van der Waals surface area contributed by atoms with E-state index in [-0.39, 0.29) is 11.2 Å². The second-order valence-corrected chi connectivity index (χ2v) is 7.72. The fourth-order valence-corrected chi connectivity index (χ4v) is 3.51. The van der Waals surface area contributed by atoms with Gasteiger partial charge in [-0.15, -0.1) is 0 Å². The topological polar surface area (TPSA) is 46.2 Å². The second-order valence-electron chi connectivity index (χ2n) is 5.44. The molecule has 0 saturated carbocycles. The Balaban J connectivity index is 4.53. The van der Waals surface area contributed by atoms with Crippen molar-refractivity contribution >= 4 is 26.0 Å². The summed E-state index contributed by atoms with van der Waals surface area (Å²) in [5.74, 6) is 0.149. The zero-order chi connectivity index (χ0) is 11.6. The highest BCUT2D eigenvalue weighted by molar-refractivity contribution is 9.09. The minimum absolute atomic E-state index is 0.149. The van der Waals surface area contributed by atoms with Crippen molar-refractivity contribution in [2.24, 2.45) is 5.41 Å². The molecule has 0 aliphatic heterocycles. The molecule has 0 heterocycles. The van der Waals surface area contributed by atoms with Crippen molar-refractivity contribution < 1.29 is 8.42 Å². The fourth-order valence-electron chi connectivity index (χ4n) is 1.05. The molecule has 86 valence electrons. The second kappa shape index (κ2) is 4.49. The minimum atomic E-state index is -3.19. The van der Waals surface area contributed by atoms with Gasteiger partial charge in [0.25, 0.3) is 0 Å². The Morgan fingerprint density at radius 1 is 1.14 bits per heavy atom. The standard InChI is InChI=1S/C9H20BrNO2S/c1-8(2,3)7-14(12,13)11-9(4,5)6-10/h11H,6-7H2,1-5H3. The first-order chi connectivity index (χ1) is 5.97. The molecule has 0 atom stereocenters. The number of alkyl halides is 1. The van der Waals surface area contributed by atoms with Crippen molar-refractivity contribution in [1.29, 1.82) is 0 Å². The number of rotatable bonds is 4. The van der Waals surface area contributed by atoms with E-state index >= 15 is 0 Å². The molecule has 0 saturated heterocycles. The van der Waals surface area contributed by atoms with Crippen molar-refractivity contribution in [2.45, 2.75) is 40.2 Å². The normalized spacial score (nSPS) is 14.4. The SMILES string of the molecule is CC(C)(C)CS(=O)(=O)NC(C)(C)CBr. The van der Waals surface area contributed by atoms with E-state index in [4.69, 9.17) is 0 Å². The third-order valence-electron chi connectivity index (χ3n) is 1.39. The molecule has 3 nitrogen and oxygen atoms in total. The minimum Gasteiger partial charge on any atom is -0.212 e. The van der Waals surface area contributed by atoms with Crippen LogP contribution in [0.4, 0.5) is 0 Å². The summed E-state index contributed by atoms with van der Waals surface area (Å²) in [7, 11) is -3.19. The maximum Gasteiger partial charge on any atom is 0.212 e. The van der Waals surface area contributed by atoms with Gasteiger partial charge in [0.05, 0.1) is 5.75 Å². The molecule has 0 aliphatic carbocycles. The van der Waals surface area contributed by atoms with Gasteiger partial charge in [-0.25, -0.2) is 13.1 Å². The molecule has 0 rings (SSSR count). The van der Waals surface area contributed by atoms with Gasteiger partial charge in [0.15, 0.2) is 0 Å². The van der Waals surface area contributed by atoms with Crippen LogP contribution in [0, 0.1) is 5.41 Å². The Hall–Kier alpha value is 0.390. The number of hydrogen-bond acceptors (Lipinski definition) is 2. The first kappa shape index (κ1) is 14.4. The highest BCUT2D eigenvalue weighted by atomic mass is 79.9. The summed E-state index contributed by atoms with van der Waals surface area (Å²) in [5.41, 5.74) is -0.641. The lowest BCUT2D eigenvalue weighted by molar-refractivity contribution is 0.444. The van der Waals surface area contributed by atoms with E-state index in [9.17, 15) is 8.42 Å². The maximum atomic E-state index is 11.7. The van der Waals surface area contributed by atoms with E-state index in [1.54, 1.807) is 0 Å². The summed E-state index contributed by atoms with van der Waals surface area (Å²) in [6.07, 6.45) is 0. The fraction of sp³-hybridized carbons (Fsp3) is 1.00. The maximum absolute atomic E-state index is 11.7. The van der Waals surface area contributed by atoms with Crippen LogP contribution >= 0.6 is 15.9 Å². The van der Waals surface area contributed by atoms with E-state index in [0.29, 0.717) is 5.33 Å². The van der Waals surface area contributed by atoms with Crippen LogP contribution in [0.5, 0.6) is 0 Å². The predicted octanol–water partition coefficient (Wildman–Crippen LogP) is 2.13. The van der Waals surface area contributed by atoms with E-state index < -0.39 is 15.6 Å². The molecule has 14 heavy (non-hydrogen) atoms. The summed E-state index contributed by atoms with van der Waals surface area (Å²) in [6, 6.07) is 0. The molecule has 0 aromatic rings. The molecule has 0 spiro atoms. The summed E-state index contributed by atoms with van der Waals surface area (Å²) in [5, 5.41) is 0.601. The van der Waals surface area contributed by atoms with E-state index in [1.165, 1.54) is 0 Å². The molecule has 0 bridgehead atoms. The van der Waals surface area contributed by atoms with Crippen LogP contribution in [0.15, 0.2) is 0 Å². The van der Waals surface area contributed by atoms with Crippen LogP contribution in [0.25, 0.3) is 0 Å². The summed E-state index contributed by atoms with van der Waals surface area (Å²) < 4.78 is 26.0. The molecular weight excluding hydrogens is 266 g/mol. The van der Waals surface area contributed by atoms with Crippen LogP contribution < -0.4 is 4.72 Å². The van der Waals surface area contributed by atoms with Gasteiger partial charge in [0.2, 0.25) is 10.0 Å². The highest BCUT2D eigenvalue weighted by Crippen LogP contribution is 2.17. The van der Waals surface area contributed by atoms with Gasteiger partial charge in [-0.2, -0.15) is 0 Å². The molecule has 0 fully saturated rings. The molecule has 1 N–H and O–H groups in total. The van der Waals surface area contributed by atoms with E-state index in [1.807, 2.05) is 34.6 Å². The number of hydrogen-bond donors (Lipinski definition) is 1. The van der Waals surface area contributed by atoms with Crippen LogP contribution in [0.2, 0.25) is 0 Å². The van der Waals surface area contributed by atoms with Crippen molar-refractivity contribution in [3.05, 3.63) is 0 Å². The molecule has 0 aromatic heterocycles. The third-order valence-corrected chi connectivity index (χ3v) is 4.90. The number of sulfonamides is 1. The lowest BCUT2D eigenvalue weighted by Gasteiger charge is -2.26. The lowest BCUT2D eigenvalue weighted by atomic mass is 10.0. The summed E-state index contributed by atoms with van der Waals surface area (Å²) in [6.45, 7) is 9.43. The average molecular weight is 286 g/mol. The van der Waals surface area contributed by atoms with Crippen LogP contribution in [-0.2, 0) is 10.0 Å². The molecular formula is C9H20BrNO2S. The van der Waals surface area contributed by atoms with Crippen molar-refractivity contribution in [3.8, 4) is 0 Å². The Morgan fingerprint density at radius 3 is 1.86 bits per heavy atom. The number of nitrogens with one attached hydrogen (secondary N) is 1. The Labute approximate surface area is 95.8 Å². The zero-order valence-corrected chi connectivity index (χ0v) is 11.9. The highest BCUT2D eigenvalue weighted by Gasteiger charge is 2.27. The first-order valence-corrected chi connectivity index (χ1v) is 7.32. The molecule has 0 aliphatic rings. The largest absolute Gasteiger partial charge is 0.212 e. The number of halogens is 1. The van der Waals surface area contributed by atoms with Crippen molar-refractivity contribution in [3.63, 3.8) is 0 Å².